The highest BCUT2D eigenvalue weighted by molar-refractivity contribution is 6.24. The van der Waals surface area contributed by atoms with Crippen LogP contribution < -0.4 is 0 Å². The van der Waals surface area contributed by atoms with E-state index in [-0.39, 0.29) is 0 Å². The molecule has 0 unspecified atom stereocenters. The highest BCUT2D eigenvalue weighted by Gasteiger charge is 2.15. The summed E-state index contributed by atoms with van der Waals surface area (Å²) in [7, 11) is 0. The molecule has 0 aliphatic carbocycles. The fourth-order valence-electron chi connectivity index (χ4n) is 7.05. The zero-order valence-electron chi connectivity index (χ0n) is 23.7. The van der Waals surface area contributed by atoms with Gasteiger partial charge in [-0.1, -0.05) is 109 Å². The van der Waals surface area contributed by atoms with Crippen molar-refractivity contribution in [1.82, 2.24) is 0 Å². The molecule has 44 heavy (non-hydrogen) atoms. The van der Waals surface area contributed by atoms with Gasteiger partial charge in [0, 0.05) is 21.9 Å². The molecule has 0 fully saturated rings. The van der Waals surface area contributed by atoms with E-state index < -0.39 is 0 Å². The molecule has 0 spiro atoms. The van der Waals surface area contributed by atoms with Gasteiger partial charge in [0.2, 0.25) is 0 Å². The smallest absolute Gasteiger partial charge is 0.135 e. The SMILES string of the molecule is c1ccc2cc(-c3cc4c(ccc5c4ccc4c6ccc7oc(-c8ccc9ccccc9c8)cc7c6ccc54)o3)ccc2c1. The van der Waals surface area contributed by atoms with Crippen molar-refractivity contribution in [2.75, 3.05) is 0 Å². The first-order chi connectivity index (χ1) is 21.8. The highest BCUT2D eigenvalue weighted by Crippen LogP contribution is 2.40. The van der Waals surface area contributed by atoms with Gasteiger partial charge in [-0.25, -0.2) is 0 Å². The summed E-state index contributed by atoms with van der Waals surface area (Å²) in [5.74, 6) is 1.78. The van der Waals surface area contributed by atoms with E-state index in [9.17, 15) is 0 Å². The van der Waals surface area contributed by atoms with Crippen molar-refractivity contribution in [3.63, 3.8) is 0 Å². The first-order valence-corrected chi connectivity index (χ1v) is 15.0. The van der Waals surface area contributed by atoms with Gasteiger partial charge < -0.3 is 8.83 Å². The van der Waals surface area contributed by atoms with Crippen molar-refractivity contribution in [3.8, 4) is 22.6 Å². The molecule has 0 aliphatic rings. The standard InChI is InChI=1S/C42H24O2/c1-3-7-27-21-29(11-9-25(27)5-1)41-23-37-35-15-13-32-31(33(35)17-19-39(37)43-41)14-16-36-34(32)18-20-40-38(36)24-42(44-40)30-12-10-26-6-2-4-8-28(26)22-30/h1-24H. The summed E-state index contributed by atoms with van der Waals surface area (Å²) in [6.45, 7) is 0. The Kier molecular flexibility index (Phi) is 4.75. The van der Waals surface area contributed by atoms with Crippen LogP contribution in [0.3, 0.4) is 0 Å². The van der Waals surface area contributed by atoms with Crippen molar-refractivity contribution in [1.29, 1.82) is 0 Å². The van der Waals surface area contributed by atoms with Crippen molar-refractivity contribution in [2.45, 2.75) is 0 Å². The van der Waals surface area contributed by atoms with Crippen LogP contribution in [0.25, 0.3) is 98.4 Å². The van der Waals surface area contributed by atoms with Crippen LogP contribution in [0.15, 0.2) is 154 Å². The zero-order valence-corrected chi connectivity index (χ0v) is 23.7. The summed E-state index contributed by atoms with van der Waals surface area (Å²) in [6, 6.07) is 51.9. The van der Waals surface area contributed by atoms with Crippen LogP contribution in [0.2, 0.25) is 0 Å². The Hall–Kier alpha value is -5.86. The summed E-state index contributed by atoms with van der Waals surface area (Å²) in [4.78, 5) is 0. The van der Waals surface area contributed by atoms with E-state index in [2.05, 4.69) is 146 Å². The first-order valence-electron chi connectivity index (χ1n) is 15.0. The number of hydrogen-bond donors (Lipinski definition) is 0. The van der Waals surface area contributed by atoms with Crippen molar-refractivity contribution < 1.29 is 8.83 Å². The van der Waals surface area contributed by atoms with Crippen LogP contribution in [0.5, 0.6) is 0 Å². The lowest BCUT2D eigenvalue weighted by molar-refractivity contribution is 0.631. The van der Waals surface area contributed by atoms with Gasteiger partial charge in [-0.15, -0.1) is 0 Å². The number of rotatable bonds is 2. The minimum Gasteiger partial charge on any atom is -0.456 e. The Labute approximate surface area is 252 Å². The van der Waals surface area contributed by atoms with E-state index in [0.29, 0.717) is 0 Å². The Bertz CT molecular complexity index is 2580. The maximum Gasteiger partial charge on any atom is 0.135 e. The van der Waals surface area contributed by atoms with Gasteiger partial charge in [-0.05, 0) is 90.3 Å². The third-order valence-electron chi connectivity index (χ3n) is 9.26. The molecule has 0 N–H and O–H groups in total. The topological polar surface area (TPSA) is 26.3 Å². The second kappa shape index (κ2) is 8.82. The maximum atomic E-state index is 6.39. The number of benzene rings is 8. The lowest BCUT2D eigenvalue weighted by atomic mass is 9.94. The normalized spacial score (nSPS) is 12.1. The van der Waals surface area contributed by atoms with Gasteiger partial charge in [0.25, 0.3) is 0 Å². The largest absolute Gasteiger partial charge is 0.456 e. The molecule has 0 bridgehead atoms. The van der Waals surface area contributed by atoms with E-state index in [0.717, 1.165) is 44.6 Å². The molecule has 2 heteroatoms. The van der Waals surface area contributed by atoms with Crippen LogP contribution in [0.4, 0.5) is 0 Å². The van der Waals surface area contributed by atoms with Gasteiger partial charge in [0.05, 0.1) is 0 Å². The number of furan rings is 2. The van der Waals surface area contributed by atoms with E-state index in [1.165, 1.54) is 53.9 Å². The van der Waals surface area contributed by atoms with Crippen LogP contribution in [-0.2, 0) is 0 Å². The van der Waals surface area contributed by atoms with Crippen LogP contribution in [0, 0.1) is 0 Å². The van der Waals surface area contributed by atoms with Crippen molar-refractivity contribution in [2.24, 2.45) is 0 Å². The maximum absolute atomic E-state index is 6.39. The third kappa shape index (κ3) is 3.43. The molecule has 0 radical (unpaired) electrons. The molecule has 2 nitrogen and oxygen atoms in total. The molecule has 0 saturated heterocycles. The van der Waals surface area contributed by atoms with Gasteiger partial charge in [-0.2, -0.15) is 0 Å². The Balaban J connectivity index is 1.12. The van der Waals surface area contributed by atoms with Crippen molar-refractivity contribution >= 4 is 75.8 Å². The minimum absolute atomic E-state index is 0.890. The average Bonchev–Trinajstić information content (AvgIpc) is 3.73. The first kappa shape index (κ1) is 23.7. The highest BCUT2D eigenvalue weighted by atomic mass is 16.3. The minimum atomic E-state index is 0.890. The molecule has 0 amide bonds. The predicted octanol–water partition coefficient (Wildman–Crippen LogP) is 12.3. The summed E-state index contributed by atoms with van der Waals surface area (Å²) in [6.07, 6.45) is 0. The van der Waals surface area contributed by atoms with Crippen LogP contribution in [0.1, 0.15) is 0 Å². The molecule has 2 aromatic heterocycles. The number of fused-ring (bicyclic) bond motifs is 11. The quantitative estimate of drug-likeness (QED) is 0.197. The summed E-state index contributed by atoms with van der Waals surface area (Å²) < 4.78 is 12.8. The fraction of sp³-hybridized carbons (Fsp3) is 0. The second-order valence-corrected chi connectivity index (χ2v) is 11.7. The molecule has 0 saturated carbocycles. The Morgan fingerprint density at radius 3 is 1.07 bits per heavy atom. The molecule has 0 aliphatic heterocycles. The molecular weight excluding hydrogens is 536 g/mol. The molecule has 204 valence electrons. The lowest BCUT2D eigenvalue weighted by Crippen LogP contribution is -1.82. The van der Waals surface area contributed by atoms with Gasteiger partial charge in [0.15, 0.2) is 0 Å². The van der Waals surface area contributed by atoms with E-state index in [1.54, 1.807) is 0 Å². The Morgan fingerprint density at radius 1 is 0.273 bits per heavy atom. The Morgan fingerprint density at radius 2 is 0.636 bits per heavy atom. The average molecular weight is 561 g/mol. The molecule has 10 aromatic rings. The zero-order chi connectivity index (χ0) is 28.8. The fourth-order valence-corrected chi connectivity index (χ4v) is 7.05. The summed E-state index contributed by atoms with van der Waals surface area (Å²) in [5.41, 5.74) is 3.99. The van der Waals surface area contributed by atoms with Gasteiger partial charge in [-0.3, -0.25) is 0 Å². The molecule has 2 heterocycles. The van der Waals surface area contributed by atoms with E-state index >= 15 is 0 Å². The van der Waals surface area contributed by atoms with E-state index in [1.807, 2.05) is 0 Å². The molecule has 0 atom stereocenters. The predicted molar refractivity (Wildman–Crippen MR) is 184 cm³/mol. The molecule has 8 aromatic carbocycles. The van der Waals surface area contributed by atoms with Gasteiger partial charge >= 0.3 is 0 Å². The molecule has 10 rings (SSSR count). The van der Waals surface area contributed by atoms with Crippen LogP contribution >= 0.6 is 0 Å². The van der Waals surface area contributed by atoms with Crippen molar-refractivity contribution in [3.05, 3.63) is 146 Å². The summed E-state index contributed by atoms with van der Waals surface area (Å²) in [5, 5.41) is 14.5. The second-order valence-electron chi connectivity index (χ2n) is 11.7. The monoisotopic (exact) mass is 560 g/mol. The molecular formula is C42H24O2. The van der Waals surface area contributed by atoms with Gasteiger partial charge in [0.1, 0.15) is 22.7 Å². The third-order valence-corrected chi connectivity index (χ3v) is 9.26. The summed E-state index contributed by atoms with van der Waals surface area (Å²) >= 11 is 0. The number of hydrogen-bond acceptors (Lipinski definition) is 2. The van der Waals surface area contributed by atoms with Crippen LogP contribution in [-0.4, -0.2) is 0 Å². The van der Waals surface area contributed by atoms with E-state index in [4.69, 9.17) is 8.83 Å². The lowest BCUT2D eigenvalue weighted by Gasteiger charge is -2.08.